The van der Waals surface area contributed by atoms with E-state index in [1.54, 1.807) is 42.7 Å². The number of nitrogens with one attached hydrogen (secondary N) is 1. The van der Waals surface area contributed by atoms with Crippen LogP contribution in [0.2, 0.25) is 0 Å². The fourth-order valence-electron chi connectivity index (χ4n) is 1.81. The molecule has 0 aliphatic rings. The number of unbranched alkanes of at least 4 members (excludes halogenated alkanes) is 1. The third kappa shape index (κ3) is 4.82. The number of pyridine rings is 1. The fraction of sp³-hybridized carbons (Fsp3) is 0.312. The third-order valence-electron chi connectivity index (χ3n) is 3.09. The molecule has 2 aromatic rings. The molecule has 0 bridgehead atoms. The number of ether oxygens (including phenoxy) is 1. The maximum Gasteiger partial charge on any atom is 0.240 e. The average molecular weight is 320 g/mol. The van der Waals surface area contributed by atoms with Crippen molar-refractivity contribution >= 4 is 10.0 Å². The summed E-state index contributed by atoms with van der Waals surface area (Å²) in [5.41, 5.74) is 0.811. The van der Waals surface area contributed by atoms with Crippen molar-refractivity contribution in [3.8, 4) is 5.75 Å². The normalized spacial score (nSPS) is 11.3. The van der Waals surface area contributed by atoms with Crippen LogP contribution in [0, 0.1) is 0 Å². The van der Waals surface area contributed by atoms with E-state index >= 15 is 0 Å². The summed E-state index contributed by atoms with van der Waals surface area (Å²) in [6, 6.07) is 10.0. The van der Waals surface area contributed by atoms with Gasteiger partial charge in [0.05, 0.1) is 11.5 Å². The topological polar surface area (TPSA) is 68.3 Å². The lowest BCUT2D eigenvalue weighted by Gasteiger charge is -2.08. The first-order chi connectivity index (χ1) is 10.6. The van der Waals surface area contributed by atoms with E-state index in [1.807, 2.05) is 6.07 Å². The standard InChI is InChI=1S/C16H20N2O3S/c1-2-3-11-21-15-6-8-16(9-7-15)22(19,20)18-13-14-5-4-10-17-12-14/h4-10,12,18H,2-3,11,13H2,1H3. The van der Waals surface area contributed by atoms with Gasteiger partial charge < -0.3 is 4.74 Å². The number of hydrogen-bond acceptors (Lipinski definition) is 4. The predicted octanol–water partition coefficient (Wildman–Crippen LogP) is 2.74. The van der Waals surface area contributed by atoms with Crippen molar-refractivity contribution in [1.29, 1.82) is 0 Å². The van der Waals surface area contributed by atoms with Gasteiger partial charge in [0, 0.05) is 18.9 Å². The minimum absolute atomic E-state index is 0.213. The highest BCUT2D eigenvalue weighted by Crippen LogP contribution is 2.16. The zero-order valence-corrected chi connectivity index (χ0v) is 13.3. The minimum atomic E-state index is -3.53. The Hall–Kier alpha value is -1.92. The molecule has 22 heavy (non-hydrogen) atoms. The Morgan fingerprint density at radius 2 is 1.95 bits per heavy atom. The number of hydrogen-bond donors (Lipinski definition) is 1. The van der Waals surface area contributed by atoms with Crippen LogP contribution < -0.4 is 9.46 Å². The molecule has 0 amide bonds. The monoisotopic (exact) mass is 320 g/mol. The van der Waals surface area contributed by atoms with E-state index in [1.165, 1.54) is 0 Å². The first-order valence-electron chi connectivity index (χ1n) is 7.23. The summed E-state index contributed by atoms with van der Waals surface area (Å²) in [6.45, 7) is 2.94. The first-order valence-corrected chi connectivity index (χ1v) is 8.71. The van der Waals surface area contributed by atoms with Gasteiger partial charge in [-0.15, -0.1) is 0 Å². The zero-order valence-electron chi connectivity index (χ0n) is 12.5. The Balaban J connectivity index is 1.97. The van der Waals surface area contributed by atoms with Crippen LogP contribution in [0.3, 0.4) is 0 Å². The van der Waals surface area contributed by atoms with Gasteiger partial charge in [0.1, 0.15) is 5.75 Å². The summed E-state index contributed by atoms with van der Waals surface area (Å²) < 4.78 is 32.5. The average Bonchev–Trinajstić information content (AvgIpc) is 2.55. The molecule has 0 spiro atoms. The van der Waals surface area contributed by atoms with Crippen LogP contribution in [0.15, 0.2) is 53.7 Å². The molecule has 1 aromatic heterocycles. The molecule has 0 fully saturated rings. The van der Waals surface area contributed by atoms with Gasteiger partial charge in [0.15, 0.2) is 0 Å². The highest BCUT2D eigenvalue weighted by atomic mass is 32.2. The number of rotatable bonds is 8. The van der Waals surface area contributed by atoms with Gasteiger partial charge in [-0.05, 0) is 42.3 Å². The molecular weight excluding hydrogens is 300 g/mol. The van der Waals surface area contributed by atoms with Crippen LogP contribution in [0.1, 0.15) is 25.3 Å². The Bertz CT molecular complexity index is 670. The summed E-state index contributed by atoms with van der Waals surface area (Å²) in [5, 5.41) is 0. The van der Waals surface area contributed by atoms with E-state index in [0.717, 1.165) is 18.4 Å². The Labute approximate surface area is 131 Å². The van der Waals surface area contributed by atoms with Gasteiger partial charge in [0.2, 0.25) is 10.0 Å². The molecule has 1 N–H and O–H groups in total. The van der Waals surface area contributed by atoms with Crippen molar-refractivity contribution in [2.45, 2.75) is 31.2 Å². The summed E-state index contributed by atoms with van der Waals surface area (Å²) in [4.78, 5) is 4.18. The maximum atomic E-state index is 12.2. The van der Waals surface area contributed by atoms with Crippen molar-refractivity contribution < 1.29 is 13.2 Å². The second kappa shape index (κ2) is 7.91. The molecule has 2 rings (SSSR count). The van der Waals surface area contributed by atoms with E-state index in [4.69, 9.17) is 4.74 Å². The number of sulfonamides is 1. The molecule has 5 nitrogen and oxygen atoms in total. The summed E-state index contributed by atoms with van der Waals surface area (Å²) >= 11 is 0. The quantitative estimate of drug-likeness (QED) is 0.759. The number of aromatic nitrogens is 1. The molecule has 0 atom stereocenters. The van der Waals surface area contributed by atoms with Crippen molar-refractivity contribution in [1.82, 2.24) is 9.71 Å². The summed E-state index contributed by atoms with van der Waals surface area (Å²) in [5.74, 6) is 0.680. The van der Waals surface area contributed by atoms with E-state index in [9.17, 15) is 8.42 Å². The maximum absolute atomic E-state index is 12.2. The van der Waals surface area contributed by atoms with Crippen molar-refractivity contribution in [2.75, 3.05) is 6.61 Å². The SMILES string of the molecule is CCCCOc1ccc(S(=O)(=O)NCc2cccnc2)cc1. The minimum Gasteiger partial charge on any atom is -0.494 e. The molecule has 0 saturated heterocycles. The number of benzene rings is 1. The second-order valence-electron chi connectivity index (χ2n) is 4.86. The zero-order chi connectivity index (χ0) is 15.8. The largest absolute Gasteiger partial charge is 0.494 e. The fourth-order valence-corrected chi connectivity index (χ4v) is 2.83. The smallest absolute Gasteiger partial charge is 0.240 e. The van der Waals surface area contributed by atoms with E-state index in [2.05, 4.69) is 16.6 Å². The van der Waals surface area contributed by atoms with Gasteiger partial charge in [-0.2, -0.15) is 0 Å². The molecule has 0 unspecified atom stereocenters. The number of nitrogens with zero attached hydrogens (tertiary/aromatic N) is 1. The van der Waals surface area contributed by atoms with E-state index in [-0.39, 0.29) is 11.4 Å². The van der Waals surface area contributed by atoms with Gasteiger partial charge in [-0.25, -0.2) is 13.1 Å². The summed E-state index contributed by atoms with van der Waals surface area (Å²) in [7, 11) is -3.53. The molecule has 1 aromatic carbocycles. The van der Waals surface area contributed by atoms with Gasteiger partial charge in [0.25, 0.3) is 0 Å². The van der Waals surface area contributed by atoms with Crippen LogP contribution in [-0.2, 0) is 16.6 Å². The van der Waals surface area contributed by atoms with Gasteiger partial charge in [-0.3, -0.25) is 4.98 Å². The Morgan fingerprint density at radius 3 is 2.59 bits per heavy atom. The molecule has 0 radical (unpaired) electrons. The molecule has 0 aliphatic carbocycles. The van der Waals surface area contributed by atoms with Crippen molar-refractivity contribution in [3.05, 3.63) is 54.4 Å². The van der Waals surface area contributed by atoms with Crippen LogP contribution in [0.4, 0.5) is 0 Å². The van der Waals surface area contributed by atoms with Crippen LogP contribution in [0.25, 0.3) is 0 Å². The lowest BCUT2D eigenvalue weighted by molar-refractivity contribution is 0.309. The van der Waals surface area contributed by atoms with Crippen molar-refractivity contribution in [3.63, 3.8) is 0 Å². The molecule has 6 heteroatoms. The van der Waals surface area contributed by atoms with E-state index in [0.29, 0.717) is 12.4 Å². The van der Waals surface area contributed by atoms with Crippen molar-refractivity contribution in [2.24, 2.45) is 0 Å². The molecule has 1 heterocycles. The van der Waals surface area contributed by atoms with Crippen LogP contribution in [-0.4, -0.2) is 20.0 Å². The molecular formula is C16H20N2O3S. The molecule has 118 valence electrons. The highest BCUT2D eigenvalue weighted by molar-refractivity contribution is 7.89. The lowest BCUT2D eigenvalue weighted by atomic mass is 10.3. The van der Waals surface area contributed by atoms with E-state index < -0.39 is 10.0 Å². The first kappa shape index (κ1) is 16.5. The molecule has 0 saturated carbocycles. The Morgan fingerprint density at radius 1 is 1.18 bits per heavy atom. The van der Waals surface area contributed by atoms with Crippen LogP contribution >= 0.6 is 0 Å². The Kier molecular flexibility index (Phi) is 5.91. The third-order valence-corrected chi connectivity index (χ3v) is 4.51. The lowest BCUT2D eigenvalue weighted by Crippen LogP contribution is -2.23. The highest BCUT2D eigenvalue weighted by Gasteiger charge is 2.13. The predicted molar refractivity (Wildman–Crippen MR) is 85.1 cm³/mol. The van der Waals surface area contributed by atoms with Gasteiger partial charge in [-0.1, -0.05) is 19.4 Å². The second-order valence-corrected chi connectivity index (χ2v) is 6.63. The summed E-state index contributed by atoms with van der Waals surface area (Å²) in [6.07, 6.45) is 5.32. The van der Waals surface area contributed by atoms with Gasteiger partial charge >= 0.3 is 0 Å². The molecule has 0 aliphatic heterocycles. The van der Waals surface area contributed by atoms with Crippen LogP contribution in [0.5, 0.6) is 5.75 Å².